The third-order valence-electron chi connectivity index (χ3n) is 10.8. The van der Waals surface area contributed by atoms with E-state index in [1.54, 1.807) is 0 Å². The fourth-order valence-electron chi connectivity index (χ4n) is 9.62. The molecule has 0 aromatic heterocycles. The highest BCUT2D eigenvalue weighted by molar-refractivity contribution is 5.89. The lowest BCUT2D eigenvalue weighted by Gasteiger charge is -2.58. The first-order valence-electron chi connectivity index (χ1n) is 13.5. The van der Waals surface area contributed by atoms with Crippen molar-refractivity contribution in [3.63, 3.8) is 0 Å². The summed E-state index contributed by atoms with van der Waals surface area (Å²) in [5, 5.41) is 0. The van der Waals surface area contributed by atoms with Gasteiger partial charge in [0.1, 0.15) is 0 Å². The Morgan fingerprint density at radius 1 is 0.742 bits per heavy atom. The van der Waals surface area contributed by atoms with Gasteiger partial charge in [0.2, 0.25) is 0 Å². The molecule has 1 aromatic carbocycles. The fraction of sp³-hybridized carbons (Fsp3) is 0.759. The number of esters is 1. The lowest BCUT2D eigenvalue weighted by molar-refractivity contribution is -0.101. The predicted octanol–water partition coefficient (Wildman–Crippen LogP) is 7.28. The zero-order valence-corrected chi connectivity index (χ0v) is 19.1. The van der Waals surface area contributed by atoms with E-state index in [4.69, 9.17) is 4.74 Å². The second-order valence-electron chi connectivity index (χ2n) is 11.9. The third-order valence-corrected chi connectivity index (χ3v) is 10.8. The van der Waals surface area contributed by atoms with E-state index >= 15 is 0 Å². The van der Waals surface area contributed by atoms with Gasteiger partial charge in [0.05, 0.1) is 12.2 Å². The minimum absolute atomic E-state index is 0.123. The predicted molar refractivity (Wildman–Crippen MR) is 124 cm³/mol. The van der Waals surface area contributed by atoms with Crippen molar-refractivity contribution in [1.82, 2.24) is 0 Å². The van der Waals surface area contributed by atoms with Crippen molar-refractivity contribution in [2.45, 2.75) is 83.5 Å². The topological polar surface area (TPSA) is 26.3 Å². The number of carbonyl (C=O) groups is 1. The second-order valence-corrected chi connectivity index (χ2v) is 11.9. The van der Waals surface area contributed by atoms with Gasteiger partial charge < -0.3 is 4.74 Å². The first-order valence-corrected chi connectivity index (χ1v) is 13.5. The molecule has 5 fully saturated rings. The summed E-state index contributed by atoms with van der Waals surface area (Å²) in [5.74, 6) is 6.76. The van der Waals surface area contributed by atoms with Gasteiger partial charge >= 0.3 is 5.97 Å². The number of ether oxygens (including phenoxy) is 1. The molecule has 31 heavy (non-hydrogen) atoms. The van der Waals surface area contributed by atoms with Gasteiger partial charge in [0.15, 0.2) is 0 Å². The van der Waals surface area contributed by atoms with Crippen molar-refractivity contribution in [2.24, 2.45) is 46.8 Å². The molecule has 5 aliphatic rings. The molecule has 0 aliphatic heterocycles. The standard InChI is InChI=1S/C29H40O2/c30-28(21-8-2-1-3-9-21)31-19-29-17-6-11-27(29)26-15-14-23-22-10-5-4-7-20(22)12-13-24(23)25(26)16-18-29/h1-3,8-9,20,22-27H,4-7,10-19H2. The molecule has 2 heteroatoms. The van der Waals surface area contributed by atoms with Crippen molar-refractivity contribution in [3.8, 4) is 0 Å². The van der Waals surface area contributed by atoms with Crippen LogP contribution in [-0.2, 0) is 4.74 Å². The van der Waals surface area contributed by atoms with E-state index in [0.29, 0.717) is 12.2 Å². The third kappa shape index (κ3) is 3.47. The lowest BCUT2D eigenvalue weighted by atomic mass is 9.47. The molecule has 2 nitrogen and oxygen atoms in total. The molecule has 5 saturated carbocycles. The molecule has 6 rings (SSSR count). The molecule has 0 spiro atoms. The normalized spacial score (nSPS) is 43.8. The summed E-state index contributed by atoms with van der Waals surface area (Å²) in [6, 6.07) is 9.58. The van der Waals surface area contributed by atoms with Crippen molar-refractivity contribution in [1.29, 1.82) is 0 Å². The largest absolute Gasteiger partial charge is 0.461 e. The highest BCUT2D eigenvalue weighted by atomic mass is 16.5. The molecule has 8 atom stereocenters. The van der Waals surface area contributed by atoms with E-state index in [9.17, 15) is 4.79 Å². The monoisotopic (exact) mass is 420 g/mol. The van der Waals surface area contributed by atoms with Gasteiger partial charge in [-0.3, -0.25) is 0 Å². The van der Waals surface area contributed by atoms with Gasteiger partial charge in [-0.1, -0.05) is 43.9 Å². The van der Waals surface area contributed by atoms with Crippen molar-refractivity contribution in [3.05, 3.63) is 35.9 Å². The maximum atomic E-state index is 12.7. The number of hydrogen-bond acceptors (Lipinski definition) is 2. The van der Waals surface area contributed by atoms with Crippen LogP contribution in [-0.4, -0.2) is 12.6 Å². The van der Waals surface area contributed by atoms with E-state index in [0.717, 1.165) is 41.4 Å². The van der Waals surface area contributed by atoms with Crippen LogP contribution in [0.5, 0.6) is 0 Å². The fourth-order valence-corrected chi connectivity index (χ4v) is 9.62. The van der Waals surface area contributed by atoms with Crippen molar-refractivity contribution < 1.29 is 9.53 Å². The Kier molecular flexibility index (Phi) is 5.39. The molecule has 0 N–H and O–H groups in total. The van der Waals surface area contributed by atoms with Crippen LogP contribution in [0.2, 0.25) is 0 Å². The van der Waals surface area contributed by atoms with E-state index in [1.165, 1.54) is 83.5 Å². The SMILES string of the molecule is O=C(OCC12CCCC1C1CCC3C4CCCCC4CCC3C1CC2)c1ccccc1. The maximum Gasteiger partial charge on any atom is 0.338 e. The quantitative estimate of drug-likeness (QED) is 0.480. The van der Waals surface area contributed by atoms with E-state index in [2.05, 4.69) is 0 Å². The van der Waals surface area contributed by atoms with E-state index < -0.39 is 0 Å². The van der Waals surface area contributed by atoms with Crippen LogP contribution in [0, 0.1) is 46.8 Å². The first-order chi connectivity index (χ1) is 15.3. The lowest BCUT2D eigenvalue weighted by Crippen LogP contribution is -2.51. The zero-order chi connectivity index (χ0) is 20.8. The molecular weight excluding hydrogens is 380 g/mol. The zero-order valence-electron chi connectivity index (χ0n) is 19.1. The minimum Gasteiger partial charge on any atom is -0.461 e. The average Bonchev–Trinajstić information content (AvgIpc) is 3.27. The molecule has 5 aliphatic carbocycles. The Labute approximate surface area is 188 Å². The van der Waals surface area contributed by atoms with E-state index in [1.807, 2.05) is 30.3 Å². The molecule has 168 valence electrons. The van der Waals surface area contributed by atoms with Crippen LogP contribution in [0.3, 0.4) is 0 Å². The van der Waals surface area contributed by atoms with Crippen molar-refractivity contribution in [2.75, 3.05) is 6.61 Å². The summed E-state index contributed by atoms with van der Waals surface area (Å²) >= 11 is 0. The molecule has 8 unspecified atom stereocenters. The second kappa shape index (κ2) is 8.23. The number of carbonyl (C=O) groups excluding carboxylic acids is 1. The van der Waals surface area contributed by atoms with E-state index in [-0.39, 0.29) is 11.4 Å². The minimum atomic E-state index is -0.123. The van der Waals surface area contributed by atoms with Crippen LogP contribution in [0.4, 0.5) is 0 Å². The molecule has 0 radical (unpaired) electrons. The molecule has 0 amide bonds. The molecular formula is C29H40O2. The number of fused-ring (bicyclic) bond motifs is 7. The molecule has 0 bridgehead atoms. The van der Waals surface area contributed by atoms with Gasteiger partial charge in [-0.2, -0.15) is 0 Å². The van der Waals surface area contributed by atoms with Crippen LogP contribution in [0.15, 0.2) is 30.3 Å². The summed E-state index contributed by atoms with van der Waals surface area (Å²) in [6.07, 6.45) is 18.8. The molecule has 0 heterocycles. The van der Waals surface area contributed by atoms with Gasteiger partial charge in [-0.25, -0.2) is 4.79 Å². The Hall–Kier alpha value is -1.31. The van der Waals surface area contributed by atoms with Crippen LogP contribution >= 0.6 is 0 Å². The Morgan fingerprint density at radius 3 is 2.39 bits per heavy atom. The van der Waals surface area contributed by atoms with Gasteiger partial charge in [0.25, 0.3) is 0 Å². The average molecular weight is 421 g/mol. The summed E-state index contributed by atoms with van der Waals surface area (Å²) < 4.78 is 5.99. The highest BCUT2D eigenvalue weighted by Crippen LogP contribution is 2.64. The molecule has 0 saturated heterocycles. The highest BCUT2D eigenvalue weighted by Gasteiger charge is 2.57. The van der Waals surface area contributed by atoms with Gasteiger partial charge in [-0.05, 0) is 111 Å². The van der Waals surface area contributed by atoms with Crippen molar-refractivity contribution >= 4 is 5.97 Å². The Morgan fingerprint density at radius 2 is 1.48 bits per heavy atom. The number of benzene rings is 1. The van der Waals surface area contributed by atoms with Gasteiger partial charge in [0, 0.05) is 5.41 Å². The summed E-state index contributed by atoms with van der Waals surface area (Å²) in [4.78, 5) is 12.7. The van der Waals surface area contributed by atoms with Crippen LogP contribution < -0.4 is 0 Å². The molecule has 1 aromatic rings. The summed E-state index contributed by atoms with van der Waals surface area (Å²) in [5.41, 5.74) is 0.979. The van der Waals surface area contributed by atoms with Crippen LogP contribution in [0.25, 0.3) is 0 Å². The number of hydrogen-bond donors (Lipinski definition) is 0. The van der Waals surface area contributed by atoms with Gasteiger partial charge in [-0.15, -0.1) is 0 Å². The Bertz CT molecular complexity index is 787. The van der Waals surface area contributed by atoms with Crippen LogP contribution in [0.1, 0.15) is 93.8 Å². The maximum absolute atomic E-state index is 12.7. The number of rotatable bonds is 3. The summed E-state index contributed by atoms with van der Waals surface area (Å²) in [7, 11) is 0. The summed E-state index contributed by atoms with van der Waals surface area (Å²) in [6.45, 7) is 0.660. The smallest absolute Gasteiger partial charge is 0.338 e. The first kappa shape index (κ1) is 20.3. The Balaban J connectivity index is 1.16.